The number of aliphatic hydroxyl groups excluding tert-OH is 1. The SMILES string of the molecule is CCCC/C(O)=C/C(=O)C(=O)OCC. The molecule has 0 bridgehead atoms. The van der Waals surface area contributed by atoms with Crippen LogP contribution in [0, 0.1) is 0 Å². The van der Waals surface area contributed by atoms with Crippen molar-refractivity contribution in [3.05, 3.63) is 11.8 Å². The average Bonchev–Trinajstić information content (AvgIpc) is 2.15. The van der Waals surface area contributed by atoms with Crippen molar-refractivity contribution in [2.75, 3.05) is 6.61 Å². The quantitative estimate of drug-likeness (QED) is 0.307. The van der Waals surface area contributed by atoms with Gasteiger partial charge in [-0.2, -0.15) is 0 Å². The average molecular weight is 200 g/mol. The van der Waals surface area contributed by atoms with Crippen LogP contribution in [0.4, 0.5) is 0 Å². The van der Waals surface area contributed by atoms with Crippen molar-refractivity contribution < 1.29 is 19.4 Å². The minimum Gasteiger partial charge on any atom is -0.512 e. The third-order valence-electron chi connectivity index (χ3n) is 1.56. The summed E-state index contributed by atoms with van der Waals surface area (Å²) in [6.45, 7) is 3.75. The zero-order valence-corrected chi connectivity index (χ0v) is 8.58. The number of carbonyl (C=O) groups is 2. The van der Waals surface area contributed by atoms with E-state index in [-0.39, 0.29) is 12.4 Å². The second-order valence-corrected chi connectivity index (χ2v) is 2.82. The van der Waals surface area contributed by atoms with E-state index in [0.717, 1.165) is 18.9 Å². The highest BCUT2D eigenvalue weighted by Gasteiger charge is 2.12. The van der Waals surface area contributed by atoms with Gasteiger partial charge in [-0.15, -0.1) is 0 Å². The fourth-order valence-corrected chi connectivity index (χ4v) is 0.843. The van der Waals surface area contributed by atoms with E-state index in [0.29, 0.717) is 6.42 Å². The number of hydrogen-bond acceptors (Lipinski definition) is 4. The Bertz CT molecular complexity index is 230. The molecule has 0 radical (unpaired) electrons. The van der Waals surface area contributed by atoms with E-state index in [2.05, 4.69) is 4.74 Å². The summed E-state index contributed by atoms with van der Waals surface area (Å²) in [4.78, 5) is 21.8. The molecule has 0 fully saturated rings. The molecule has 0 saturated heterocycles. The van der Waals surface area contributed by atoms with Crippen molar-refractivity contribution in [3.8, 4) is 0 Å². The lowest BCUT2D eigenvalue weighted by molar-refractivity contribution is -0.151. The summed E-state index contributed by atoms with van der Waals surface area (Å²) in [6, 6.07) is 0. The van der Waals surface area contributed by atoms with E-state index in [1.807, 2.05) is 6.92 Å². The van der Waals surface area contributed by atoms with Gasteiger partial charge in [0.2, 0.25) is 0 Å². The van der Waals surface area contributed by atoms with Gasteiger partial charge in [0.15, 0.2) is 0 Å². The number of carbonyl (C=O) groups excluding carboxylic acids is 2. The number of ketones is 1. The highest BCUT2D eigenvalue weighted by molar-refractivity contribution is 6.38. The van der Waals surface area contributed by atoms with Crippen LogP contribution in [-0.4, -0.2) is 23.5 Å². The molecule has 0 aromatic heterocycles. The van der Waals surface area contributed by atoms with Crippen molar-refractivity contribution in [2.45, 2.75) is 33.1 Å². The topological polar surface area (TPSA) is 63.6 Å². The molecule has 4 heteroatoms. The molecule has 0 spiro atoms. The molecule has 0 unspecified atom stereocenters. The normalized spacial score (nSPS) is 11.1. The van der Waals surface area contributed by atoms with E-state index < -0.39 is 11.8 Å². The number of unbranched alkanes of at least 4 members (excludes halogenated alkanes) is 1. The summed E-state index contributed by atoms with van der Waals surface area (Å²) in [5.41, 5.74) is 0. The number of ether oxygens (including phenoxy) is 1. The number of allylic oxidation sites excluding steroid dienone is 1. The summed E-state index contributed by atoms with van der Waals surface area (Å²) in [6.07, 6.45) is 3.05. The maximum Gasteiger partial charge on any atom is 0.379 e. The van der Waals surface area contributed by atoms with Crippen LogP contribution in [0.5, 0.6) is 0 Å². The first-order chi connectivity index (χ1) is 6.61. The van der Waals surface area contributed by atoms with E-state index in [1.54, 1.807) is 6.92 Å². The molecule has 80 valence electrons. The highest BCUT2D eigenvalue weighted by Crippen LogP contribution is 2.03. The molecular weight excluding hydrogens is 184 g/mol. The van der Waals surface area contributed by atoms with Gasteiger partial charge in [-0.25, -0.2) is 4.79 Å². The molecular formula is C10H16O4. The lowest BCUT2D eigenvalue weighted by Gasteiger charge is -1.98. The Morgan fingerprint density at radius 1 is 1.36 bits per heavy atom. The van der Waals surface area contributed by atoms with Crippen molar-refractivity contribution in [3.63, 3.8) is 0 Å². The van der Waals surface area contributed by atoms with Crippen LogP contribution in [0.1, 0.15) is 33.1 Å². The van der Waals surface area contributed by atoms with Crippen LogP contribution in [-0.2, 0) is 14.3 Å². The van der Waals surface area contributed by atoms with Gasteiger partial charge in [0, 0.05) is 12.5 Å². The first-order valence-corrected chi connectivity index (χ1v) is 4.72. The minimum atomic E-state index is -0.921. The van der Waals surface area contributed by atoms with Gasteiger partial charge in [0.05, 0.1) is 12.4 Å². The van der Waals surface area contributed by atoms with E-state index in [1.165, 1.54) is 0 Å². The summed E-state index contributed by atoms with van der Waals surface area (Å²) in [5.74, 6) is -1.79. The zero-order valence-electron chi connectivity index (χ0n) is 8.58. The van der Waals surface area contributed by atoms with Crippen molar-refractivity contribution >= 4 is 11.8 Å². The molecule has 0 aliphatic rings. The molecule has 0 aliphatic carbocycles. The van der Waals surface area contributed by atoms with Crippen molar-refractivity contribution in [1.29, 1.82) is 0 Å². The van der Waals surface area contributed by atoms with Gasteiger partial charge in [0.25, 0.3) is 5.78 Å². The predicted molar refractivity (Wildman–Crippen MR) is 51.9 cm³/mol. The molecule has 0 saturated carbocycles. The minimum absolute atomic E-state index is 0.0649. The zero-order chi connectivity index (χ0) is 11.0. The highest BCUT2D eigenvalue weighted by atomic mass is 16.5. The summed E-state index contributed by atoms with van der Waals surface area (Å²) < 4.78 is 4.46. The summed E-state index contributed by atoms with van der Waals surface area (Å²) in [7, 11) is 0. The maximum atomic E-state index is 11.0. The van der Waals surface area contributed by atoms with Crippen LogP contribution >= 0.6 is 0 Å². The van der Waals surface area contributed by atoms with Crippen LogP contribution in [0.25, 0.3) is 0 Å². The maximum absolute atomic E-state index is 11.0. The van der Waals surface area contributed by atoms with Crippen LogP contribution in [0.15, 0.2) is 11.8 Å². The predicted octanol–water partition coefficient (Wildman–Crippen LogP) is 1.75. The van der Waals surface area contributed by atoms with Gasteiger partial charge in [-0.1, -0.05) is 13.3 Å². The van der Waals surface area contributed by atoms with E-state index in [4.69, 9.17) is 0 Å². The monoisotopic (exact) mass is 200 g/mol. The summed E-state index contributed by atoms with van der Waals surface area (Å²) in [5, 5.41) is 9.20. The Balaban J connectivity index is 4.06. The molecule has 0 aromatic carbocycles. The van der Waals surface area contributed by atoms with Crippen LogP contribution in [0.3, 0.4) is 0 Å². The van der Waals surface area contributed by atoms with Gasteiger partial charge in [-0.3, -0.25) is 4.79 Å². The van der Waals surface area contributed by atoms with E-state index >= 15 is 0 Å². The Morgan fingerprint density at radius 3 is 2.50 bits per heavy atom. The molecule has 0 atom stereocenters. The van der Waals surface area contributed by atoms with Gasteiger partial charge in [0.1, 0.15) is 0 Å². The Labute approximate surface area is 83.6 Å². The lowest BCUT2D eigenvalue weighted by Crippen LogP contribution is -2.15. The van der Waals surface area contributed by atoms with Crippen molar-refractivity contribution in [2.24, 2.45) is 0 Å². The van der Waals surface area contributed by atoms with Gasteiger partial charge >= 0.3 is 5.97 Å². The number of aliphatic hydroxyl groups is 1. The Morgan fingerprint density at radius 2 is 2.00 bits per heavy atom. The van der Waals surface area contributed by atoms with Gasteiger partial charge < -0.3 is 9.84 Å². The second kappa shape index (κ2) is 7.12. The smallest absolute Gasteiger partial charge is 0.379 e. The van der Waals surface area contributed by atoms with E-state index in [9.17, 15) is 14.7 Å². The largest absolute Gasteiger partial charge is 0.512 e. The first kappa shape index (κ1) is 12.7. The third kappa shape index (κ3) is 5.35. The lowest BCUT2D eigenvalue weighted by atomic mass is 10.2. The molecule has 14 heavy (non-hydrogen) atoms. The standard InChI is InChI=1S/C10H16O4/c1-3-5-6-8(11)7-9(12)10(13)14-4-2/h7,11H,3-6H2,1-2H3/b8-7-. The molecule has 0 rings (SSSR count). The number of hydrogen-bond donors (Lipinski definition) is 1. The number of esters is 1. The van der Waals surface area contributed by atoms with Crippen molar-refractivity contribution in [1.82, 2.24) is 0 Å². The first-order valence-electron chi connectivity index (χ1n) is 4.72. The molecule has 0 heterocycles. The Hall–Kier alpha value is -1.32. The molecule has 1 N–H and O–H groups in total. The molecule has 0 aliphatic heterocycles. The molecule has 0 aromatic rings. The molecule has 0 amide bonds. The van der Waals surface area contributed by atoms with Gasteiger partial charge in [-0.05, 0) is 13.3 Å². The third-order valence-corrected chi connectivity index (χ3v) is 1.56. The second-order valence-electron chi connectivity index (χ2n) is 2.82. The molecule has 4 nitrogen and oxygen atoms in total. The number of rotatable bonds is 6. The van der Waals surface area contributed by atoms with Crippen LogP contribution < -0.4 is 0 Å². The summed E-state index contributed by atoms with van der Waals surface area (Å²) >= 11 is 0. The fourth-order valence-electron chi connectivity index (χ4n) is 0.843. The fraction of sp³-hybridized carbons (Fsp3) is 0.600. The Kier molecular flexibility index (Phi) is 6.45. The van der Waals surface area contributed by atoms with Crippen LogP contribution in [0.2, 0.25) is 0 Å².